The molecular formula is C21H16N6O2. The van der Waals surface area contributed by atoms with Gasteiger partial charge >= 0.3 is 6.03 Å². The summed E-state index contributed by atoms with van der Waals surface area (Å²) < 4.78 is 0. The Morgan fingerprint density at radius 2 is 1.52 bits per heavy atom. The Balaban J connectivity index is 1.73. The number of benzene rings is 2. The van der Waals surface area contributed by atoms with Crippen LogP contribution in [-0.2, 0) is 0 Å². The van der Waals surface area contributed by atoms with Crippen molar-refractivity contribution in [2.24, 2.45) is 0 Å². The van der Waals surface area contributed by atoms with Crippen LogP contribution in [0.4, 0.5) is 10.5 Å². The number of aromatic nitrogens is 4. The predicted octanol–water partition coefficient (Wildman–Crippen LogP) is 2.99. The Hall–Kier alpha value is -3.91. The van der Waals surface area contributed by atoms with E-state index < -0.39 is 0 Å². The summed E-state index contributed by atoms with van der Waals surface area (Å²) >= 11 is 0. The number of amides is 2. The molecule has 0 radical (unpaired) electrons. The number of nitrogens with one attached hydrogen (secondary N) is 2. The summed E-state index contributed by atoms with van der Waals surface area (Å²) in [5, 5.41) is 15.9. The summed E-state index contributed by atoms with van der Waals surface area (Å²) in [6, 6.07) is 12.6. The lowest BCUT2D eigenvalue weighted by Crippen LogP contribution is -2.30. The first-order valence-corrected chi connectivity index (χ1v) is 9.13. The molecule has 142 valence electrons. The van der Waals surface area contributed by atoms with Gasteiger partial charge in [0.25, 0.3) is 0 Å². The third-order valence-corrected chi connectivity index (χ3v) is 4.67. The van der Waals surface area contributed by atoms with Gasteiger partial charge in [-0.1, -0.05) is 0 Å². The quantitative estimate of drug-likeness (QED) is 0.326. The van der Waals surface area contributed by atoms with Crippen LogP contribution in [0.3, 0.4) is 0 Å². The van der Waals surface area contributed by atoms with Crippen molar-refractivity contribution in [2.45, 2.75) is 0 Å². The second-order valence-corrected chi connectivity index (χ2v) is 6.53. The van der Waals surface area contributed by atoms with Crippen LogP contribution in [0.25, 0.3) is 43.9 Å². The molecule has 0 unspecified atom stereocenters. The van der Waals surface area contributed by atoms with Crippen LogP contribution in [-0.4, -0.2) is 44.2 Å². The minimum absolute atomic E-state index is 0.119. The number of hydrogen-bond acceptors (Lipinski definition) is 6. The molecule has 8 nitrogen and oxygen atoms in total. The molecule has 0 saturated carbocycles. The number of rotatable bonds is 3. The second kappa shape index (κ2) is 6.92. The highest BCUT2D eigenvalue weighted by molar-refractivity contribution is 6.21. The van der Waals surface area contributed by atoms with E-state index in [9.17, 15) is 4.79 Å². The van der Waals surface area contributed by atoms with E-state index in [4.69, 9.17) is 15.1 Å². The van der Waals surface area contributed by atoms with Crippen molar-refractivity contribution in [2.75, 3.05) is 18.5 Å². The molecule has 0 aliphatic carbocycles. The van der Waals surface area contributed by atoms with Crippen LogP contribution < -0.4 is 10.6 Å². The normalized spacial score (nSPS) is 11.3. The van der Waals surface area contributed by atoms with Gasteiger partial charge in [-0.15, -0.1) is 0 Å². The molecule has 0 aliphatic rings. The molecular weight excluding hydrogens is 368 g/mol. The average molecular weight is 384 g/mol. The second-order valence-electron chi connectivity index (χ2n) is 6.53. The number of nitrogens with zero attached hydrogens (tertiary/aromatic N) is 4. The molecule has 0 spiro atoms. The summed E-state index contributed by atoms with van der Waals surface area (Å²) in [5.74, 6) is 0. The van der Waals surface area contributed by atoms with E-state index in [-0.39, 0.29) is 19.2 Å². The average Bonchev–Trinajstić information content (AvgIpc) is 2.77. The summed E-state index contributed by atoms with van der Waals surface area (Å²) in [4.78, 5) is 30.6. The maximum Gasteiger partial charge on any atom is 0.319 e. The van der Waals surface area contributed by atoms with Crippen LogP contribution in [0.15, 0.2) is 54.9 Å². The van der Waals surface area contributed by atoms with E-state index in [1.165, 1.54) is 0 Å². The first kappa shape index (κ1) is 17.2. The molecule has 0 bridgehead atoms. The largest absolute Gasteiger partial charge is 0.395 e. The van der Waals surface area contributed by atoms with Gasteiger partial charge in [-0.05, 0) is 42.5 Å². The molecule has 8 heteroatoms. The Morgan fingerprint density at radius 1 is 0.862 bits per heavy atom. The number of pyridine rings is 2. The van der Waals surface area contributed by atoms with Gasteiger partial charge < -0.3 is 15.7 Å². The molecule has 3 heterocycles. The topological polar surface area (TPSA) is 113 Å². The predicted molar refractivity (Wildman–Crippen MR) is 112 cm³/mol. The number of aliphatic hydroxyl groups is 1. The fourth-order valence-electron chi connectivity index (χ4n) is 3.42. The van der Waals surface area contributed by atoms with E-state index in [0.29, 0.717) is 16.7 Å². The van der Waals surface area contributed by atoms with Crippen LogP contribution in [0.5, 0.6) is 0 Å². The van der Waals surface area contributed by atoms with Crippen LogP contribution in [0, 0.1) is 0 Å². The van der Waals surface area contributed by atoms with E-state index in [0.717, 1.165) is 32.8 Å². The summed E-state index contributed by atoms with van der Waals surface area (Å²) in [5.41, 5.74) is 5.04. The van der Waals surface area contributed by atoms with Crippen molar-refractivity contribution in [3.8, 4) is 0 Å². The lowest BCUT2D eigenvalue weighted by atomic mass is 10.1. The van der Waals surface area contributed by atoms with Gasteiger partial charge in [0.15, 0.2) is 0 Å². The fourth-order valence-corrected chi connectivity index (χ4v) is 3.42. The number of fused-ring (bicyclic) bond motifs is 7. The zero-order chi connectivity index (χ0) is 19.8. The van der Waals surface area contributed by atoms with Gasteiger partial charge in [-0.2, -0.15) is 0 Å². The lowest BCUT2D eigenvalue weighted by Gasteiger charge is -2.10. The standard InChI is InChI=1S/C21H16N6O2/c28-10-9-24-21(29)25-12-5-6-15-16(11-12)27-20-14-4-2-8-23-18(14)17-13(19(20)26-15)3-1-7-22-17/h1-8,11,28H,9-10H2,(H2,24,25,29). The first-order chi connectivity index (χ1) is 14.2. The van der Waals surface area contributed by atoms with E-state index in [1.807, 2.05) is 30.3 Å². The number of aliphatic hydroxyl groups excluding tert-OH is 1. The van der Waals surface area contributed by atoms with Crippen molar-refractivity contribution in [1.29, 1.82) is 0 Å². The van der Waals surface area contributed by atoms with Crippen LogP contribution in [0.2, 0.25) is 0 Å². The van der Waals surface area contributed by atoms with Gasteiger partial charge in [0.1, 0.15) is 0 Å². The summed E-state index contributed by atoms with van der Waals surface area (Å²) in [6.45, 7) is 0.0660. The molecule has 5 rings (SSSR count). The molecule has 0 fully saturated rings. The Labute approximate surface area is 164 Å². The van der Waals surface area contributed by atoms with E-state index in [2.05, 4.69) is 20.6 Å². The van der Waals surface area contributed by atoms with Gasteiger partial charge in [-0.25, -0.2) is 14.8 Å². The molecule has 2 aromatic carbocycles. The minimum Gasteiger partial charge on any atom is -0.395 e. The third kappa shape index (κ3) is 2.95. The van der Waals surface area contributed by atoms with Gasteiger partial charge in [0.05, 0.1) is 39.7 Å². The number of carbonyl (C=O) groups is 1. The first-order valence-electron chi connectivity index (χ1n) is 9.13. The Bertz CT molecular complexity index is 1400. The fraction of sp³-hybridized carbons (Fsp3) is 0.0952. The zero-order valence-corrected chi connectivity index (χ0v) is 15.3. The highest BCUT2D eigenvalue weighted by atomic mass is 16.3. The third-order valence-electron chi connectivity index (χ3n) is 4.67. The van der Waals surface area contributed by atoms with Crippen molar-refractivity contribution < 1.29 is 9.90 Å². The van der Waals surface area contributed by atoms with Gasteiger partial charge in [0, 0.05) is 35.4 Å². The Morgan fingerprint density at radius 3 is 2.17 bits per heavy atom. The van der Waals surface area contributed by atoms with Gasteiger partial charge in [0.2, 0.25) is 0 Å². The monoisotopic (exact) mass is 384 g/mol. The van der Waals surface area contributed by atoms with Crippen molar-refractivity contribution >= 4 is 55.6 Å². The molecule has 0 aliphatic heterocycles. The molecule has 3 N–H and O–H groups in total. The Kier molecular flexibility index (Phi) is 4.10. The van der Waals surface area contributed by atoms with Crippen molar-refractivity contribution in [3.05, 3.63) is 54.9 Å². The summed E-state index contributed by atoms with van der Waals surface area (Å²) in [6.07, 6.45) is 3.49. The number of carbonyl (C=O) groups excluding carboxylic acids is 1. The maximum atomic E-state index is 11.9. The minimum atomic E-state index is -0.390. The highest BCUT2D eigenvalue weighted by Gasteiger charge is 2.14. The number of hydrogen-bond donors (Lipinski definition) is 3. The van der Waals surface area contributed by atoms with Crippen LogP contribution in [0.1, 0.15) is 0 Å². The SMILES string of the molecule is O=C(NCCO)Nc1ccc2nc3c4cccnc4c4ncccc4c3nc2c1. The molecule has 0 saturated heterocycles. The molecule has 5 aromatic rings. The lowest BCUT2D eigenvalue weighted by molar-refractivity contribution is 0.245. The van der Waals surface area contributed by atoms with E-state index in [1.54, 1.807) is 24.5 Å². The summed E-state index contributed by atoms with van der Waals surface area (Å²) in [7, 11) is 0. The molecule has 2 amide bonds. The maximum absolute atomic E-state index is 11.9. The highest BCUT2D eigenvalue weighted by Crippen LogP contribution is 2.32. The molecule has 0 atom stereocenters. The smallest absolute Gasteiger partial charge is 0.319 e. The zero-order valence-electron chi connectivity index (χ0n) is 15.3. The number of urea groups is 1. The van der Waals surface area contributed by atoms with Crippen molar-refractivity contribution in [1.82, 2.24) is 25.3 Å². The van der Waals surface area contributed by atoms with Crippen molar-refractivity contribution in [3.63, 3.8) is 0 Å². The number of anilines is 1. The van der Waals surface area contributed by atoms with Crippen LogP contribution >= 0.6 is 0 Å². The van der Waals surface area contributed by atoms with Gasteiger partial charge in [-0.3, -0.25) is 9.97 Å². The molecule has 3 aromatic heterocycles. The van der Waals surface area contributed by atoms with E-state index >= 15 is 0 Å². The molecule has 29 heavy (non-hydrogen) atoms.